The van der Waals surface area contributed by atoms with Crippen molar-refractivity contribution in [1.29, 1.82) is 0 Å². The van der Waals surface area contributed by atoms with Gasteiger partial charge in [-0.15, -0.1) is 10.2 Å². The van der Waals surface area contributed by atoms with Gasteiger partial charge in [0.25, 0.3) is 0 Å². The topological polar surface area (TPSA) is 113 Å². The summed E-state index contributed by atoms with van der Waals surface area (Å²) in [7, 11) is 1.60. The third-order valence-corrected chi connectivity index (χ3v) is 5.00. The molecule has 0 bridgehead atoms. The van der Waals surface area contributed by atoms with Crippen molar-refractivity contribution in [3.8, 4) is 17.0 Å². The molecule has 4 aromatic heterocycles. The fourth-order valence-corrected chi connectivity index (χ4v) is 3.71. The van der Waals surface area contributed by atoms with Crippen LogP contribution in [0.4, 0.5) is 5.95 Å². The highest BCUT2D eigenvalue weighted by atomic mass is 16.5. The van der Waals surface area contributed by atoms with Gasteiger partial charge in [-0.3, -0.25) is 4.40 Å². The van der Waals surface area contributed by atoms with Crippen LogP contribution < -0.4 is 10.1 Å². The summed E-state index contributed by atoms with van der Waals surface area (Å²) in [5.41, 5.74) is 2.78. The second-order valence-corrected chi connectivity index (χ2v) is 7.24. The third-order valence-electron chi connectivity index (χ3n) is 5.00. The summed E-state index contributed by atoms with van der Waals surface area (Å²) < 4.78 is 7.40. The smallest absolute Gasteiger partial charge is 0.228 e. The Labute approximate surface area is 154 Å². The van der Waals surface area contributed by atoms with Gasteiger partial charge in [0.1, 0.15) is 12.0 Å². The molecule has 0 aliphatic heterocycles. The lowest BCUT2D eigenvalue weighted by Crippen LogP contribution is -2.48. The zero-order valence-electron chi connectivity index (χ0n) is 15.0. The number of rotatable bonds is 4. The molecule has 1 fully saturated rings. The molecule has 4 heterocycles. The van der Waals surface area contributed by atoms with Gasteiger partial charge in [-0.25, -0.2) is 0 Å². The van der Waals surface area contributed by atoms with Crippen molar-refractivity contribution in [2.24, 2.45) is 0 Å². The normalized spacial score (nSPS) is 22.1. The van der Waals surface area contributed by atoms with Crippen LogP contribution in [0.15, 0.2) is 30.9 Å². The average molecular weight is 365 g/mol. The highest BCUT2D eigenvalue weighted by molar-refractivity contribution is 5.97. The maximum atomic E-state index is 9.90. The molecule has 1 aliphatic rings. The van der Waals surface area contributed by atoms with Crippen LogP contribution in [0.2, 0.25) is 0 Å². The SMILES string of the molecule is COc1nc(N[C@H]2C[C@@](C)(O)C2)nc2[nH]cc(-c3ccc4nncn4c3)c12. The summed E-state index contributed by atoms with van der Waals surface area (Å²) >= 11 is 0. The number of H-pyrrole nitrogens is 1. The quantitative estimate of drug-likeness (QED) is 0.507. The van der Waals surface area contributed by atoms with E-state index in [1.807, 2.05) is 35.9 Å². The average Bonchev–Trinajstić information content (AvgIpc) is 3.25. The Balaban J connectivity index is 1.55. The summed E-state index contributed by atoms with van der Waals surface area (Å²) in [5.74, 6) is 0.983. The molecule has 0 radical (unpaired) electrons. The number of nitrogens with zero attached hydrogens (tertiary/aromatic N) is 5. The number of aromatic nitrogens is 6. The van der Waals surface area contributed by atoms with Gasteiger partial charge in [0, 0.05) is 29.6 Å². The van der Waals surface area contributed by atoms with Crippen molar-refractivity contribution in [3.05, 3.63) is 30.9 Å². The fourth-order valence-electron chi connectivity index (χ4n) is 3.71. The number of hydrogen-bond donors (Lipinski definition) is 3. The van der Waals surface area contributed by atoms with Gasteiger partial charge >= 0.3 is 0 Å². The first kappa shape index (κ1) is 16.0. The van der Waals surface area contributed by atoms with Gasteiger partial charge in [-0.1, -0.05) is 0 Å². The minimum Gasteiger partial charge on any atom is -0.480 e. The number of anilines is 1. The summed E-state index contributed by atoms with van der Waals surface area (Å²) in [6.07, 6.45) is 6.86. The predicted molar refractivity (Wildman–Crippen MR) is 99.7 cm³/mol. The first-order valence-corrected chi connectivity index (χ1v) is 8.74. The van der Waals surface area contributed by atoms with Crippen LogP contribution in [-0.4, -0.2) is 53.4 Å². The molecule has 5 rings (SSSR count). The Morgan fingerprint density at radius 1 is 1.33 bits per heavy atom. The monoisotopic (exact) mass is 365 g/mol. The fraction of sp³-hybridized carbons (Fsp3) is 0.333. The van der Waals surface area contributed by atoms with E-state index in [1.54, 1.807) is 13.4 Å². The summed E-state index contributed by atoms with van der Waals surface area (Å²) in [6, 6.07) is 4.05. The van der Waals surface area contributed by atoms with E-state index in [4.69, 9.17) is 4.74 Å². The molecule has 0 spiro atoms. The van der Waals surface area contributed by atoms with E-state index in [2.05, 4.69) is 30.5 Å². The van der Waals surface area contributed by atoms with E-state index < -0.39 is 5.60 Å². The Bertz CT molecular complexity index is 1140. The number of nitrogens with one attached hydrogen (secondary N) is 2. The number of aromatic amines is 1. The molecule has 9 nitrogen and oxygen atoms in total. The molecule has 1 aliphatic carbocycles. The molecular formula is C18H19N7O2. The molecule has 1 saturated carbocycles. The lowest BCUT2D eigenvalue weighted by Gasteiger charge is -2.41. The van der Waals surface area contributed by atoms with Crippen LogP contribution in [0, 0.1) is 0 Å². The molecule has 9 heteroatoms. The van der Waals surface area contributed by atoms with Crippen molar-refractivity contribution in [1.82, 2.24) is 29.5 Å². The van der Waals surface area contributed by atoms with Crippen molar-refractivity contribution in [2.75, 3.05) is 12.4 Å². The first-order valence-electron chi connectivity index (χ1n) is 8.74. The molecule has 3 N–H and O–H groups in total. The molecule has 4 aromatic rings. The zero-order chi connectivity index (χ0) is 18.6. The first-order chi connectivity index (χ1) is 13.0. The molecule has 0 amide bonds. The van der Waals surface area contributed by atoms with Gasteiger partial charge in [-0.05, 0) is 31.9 Å². The summed E-state index contributed by atoms with van der Waals surface area (Å²) in [5, 5.41) is 21.9. The second kappa shape index (κ2) is 5.65. The largest absolute Gasteiger partial charge is 0.480 e. The third kappa shape index (κ3) is 2.67. The molecule has 0 saturated heterocycles. The van der Waals surface area contributed by atoms with E-state index in [9.17, 15) is 5.11 Å². The van der Waals surface area contributed by atoms with Gasteiger partial charge in [0.2, 0.25) is 11.8 Å². The number of fused-ring (bicyclic) bond motifs is 2. The minimum absolute atomic E-state index is 0.160. The maximum absolute atomic E-state index is 9.90. The van der Waals surface area contributed by atoms with E-state index in [-0.39, 0.29) is 6.04 Å². The molecular weight excluding hydrogens is 346 g/mol. The highest BCUT2D eigenvalue weighted by Gasteiger charge is 2.38. The lowest BCUT2D eigenvalue weighted by atomic mass is 9.77. The number of methoxy groups -OCH3 is 1. The number of aliphatic hydroxyl groups is 1. The Morgan fingerprint density at radius 3 is 2.96 bits per heavy atom. The number of hydrogen-bond acceptors (Lipinski definition) is 7. The standard InChI is InChI=1S/C18H19N7O2/c1-18(26)5-11(6-18)21-17-22-15-14(16(23-17)27-2)12(7-19-15)10-3-4-13-24-20-9-25(13)8-10/h3-4,7-9,11,26H,5-6H2,1-2H3,(H2,19,21,22,23)/t11-,18+. The van der Waals surface area contributed by atoms with Crippen LogP contribution >= 0.6 is 0 Å². The second-order valence-electron chi connectivity index (χ2n) is 7.24. The van der Waals surface area contributed by atoms with Crippen LogP contribution in [0.25, 0.3) is 27.8 Å². The molecule has 0 unspecified atom stereocenters. The van der Waals surface area contributed by atoms with Crippen molar-refractivity contribution in [3.63, 3.8) is 0 Å². The Hall–Kier alpha value is -3.20. The molecule has 27 heavy (non-hydrogen) atoms. The lowest BCUT2D eigenvalue weighted by molar-refractivity contribution is -0.0236. The number of ether oxygens (including phenoxy) is 1. The van der Waals surface area contributed by atoms with Gasteiger partial charge in [-0.2, -0.15) is 9.97 Å². The zero-order valence-corrected chi connectivity index (χ0v) is 15.0. The molecule has 0 aromatic carbocycles. The summed E-state index contributed by atoms with van der Waals surface area (Å²) in [4.78, 5) is 12.3. The minimum atomic E-state index is -0.605. The van der Waals surface area contributed by atoms with Gasteiger partial charge in [0.15, 0.2) is 5.65 Å². The number of pyridine rings is 1. The summed E-state index contributed by atoms with van der Waals surface area (Å²) in [6.45, 7) is 1.83. The molecule has 138 valence electrons. The van der Waals surface area contributed by atoms with E-state index >= 15 is 0 Å². The van der Waals surface area contributed by atoms with Crippen LogP contribution in [0.5, 0.6) is 5.88 Å². The molecule has 0 atom stereocenters. The van der Waals surface area contributed by atoms with E-state index in [0.717, 1.165) is 22.2 Å². The van der Waals surface area contributed by atoms with Crippen LogP contribution in [0.1, 0.15) is 19.8 Å². The van der Waals surface area contributed by atoms with Crippen molar-refractivity contribution >= 4 is 22.6 Å². The van der Waals surface area contributed by atoms with Gasteiger partial charge < -0.3 is 20.1 Å². The van der Waals surface area contributed by atoms with Crippen LogP contribution in [-0.2, 0) is 0 Å². The predicted octanol–water partition coefficient (Wildman–Crippen LogP) is 2.00. The maximum Gasteiger partial charge on any atom is 0.228 e. The van der Waals surface area contributed by atoms with E-state index in [0.29, 0.717) is 30.3 Å². The van der Waals surface area contributed by atoms with Crippen LogP contribution in [0.3, 0.4) is 0 Å². The van der Waals surface area contributed by atoms with E-state index in [1.165, 1.54) is 0 Å². The Kier molecular flexibility index (Phi) is 3.35. The van der Waals surface area contributed by atoms with Crippen molar-refractivity contribution < 1.29 is 9.84 Å². The Morgan fingerprint density at radius 2 is 2.19 bits per heavy atom. The van der Waals surface area contributed by atoms with Gasteiger partial charge in [0.05, 0.1) is 18.1 Å². The highest BCUT2D eigenvalue weighted by Crippen LogP contribution is 2.36. The van der Waals surface area contributed by atoms with Crippen molar-refractivity contribution in [2.45, 2.75) is 31.4 Å².